The van der Waals surface area contributed by atoms with Crippen LogP contribution >= 0.6 is 0 Å². The first-order valence-electron chi connectivity index (χ1n) is 7.22. The molecule has 2 aliphatic heterocycles. The van der Waals surface area contributed by atoms with Crippen LogP contribution in [0.1, 0.15) is 53.4 Å². The number of fused-ring (bicyclic) bond motifs is 2. The molecule has 6 atom stereocenters. The van der Waals surface area contributed by atoms with Crippen LogP contribution < -0.4 is 0 Å². The summed E-state index contributed by atoms with van der Waals surface area (Å²) in [7, 11) is 0. The lowest BCUT2D eigenvalue weighted by molar-refractivity contribution is -0.230. The summed E-state index contributed by atoms with van der Waals surface area (Å²) in [4.78, 5) is 0. The minimum Gasteiger partial charge on any atom is -0.393 e. The molecular formula is C15H26O2. The third-order valence-electron chi connectivity index (χ3n) is 5.96. The first kappa shape index (κ1) is 12.0. The molecule has 3 unspecified atom stereocenters. The van der Waals surface area contributed by atoms with Gasteiger partial charge in [0, 0.05) is 12.3 Å². The lowest BCUT2D eigenvalue weighted by Crippen LogP contribution is -2.55. The third-order valence-corrected chi connectivity index (χ3v) is 5.96. The molecule has 2 saturated heterocycles. The van der Waals surface area contributed by atoms with E-state index in [0.717, 1.165) is 24.7 Å². The van der Waals surface area contributed by atoms with Crippen molar-refractivity contribution in [3.63, 3.8) is 0 Å². The van der Waals surface area contributed by atoms with Crippen LogP contribution in [0.15, 0.2) is 0 Å². The molecule has 2 saturated carbocycles. The highest BCUT2D eigenvalue weighted by atomic mass is 16.5. The summed E-state index contributed by atoms with van der Waals surface area (Å²) in [5.41, 5.74) is -0.248. The van der Waals surface area contributed by atoms with Gasteiger partial charge >= 0.3 is 0 Å². The third kappa shape index (κ3) is 1.60. The second-order valence-corrected chi connectivity index (χ2v) is 7.46. The second kappa shape index (κ2) is 3.48. The second-order valence-electron chi connectivity index (χ2n) is 7.46. The standard InChI is InChI=1S/C15H26O2/c1-9-5-6-11-10(9)7-12-13(16)8-15(11,4)17-14(12,2)3/h9-13,16H,5-8H2,1-4H3/t9-,10?,11?,12?,13+,15-/m1/s1. The summed E-state index contributed by atoms with van der Waals surface area (Å²) >= 11 is 0. The van der Waals surface area contributed by atoms with Gasteiger partial charge in [0.2, 0.25) is 0 Å². The fourth-order valence-electron chi connectivity index (χ4n) is 5.12. The topological polar surface area (TPSA) is 29.5 Å². The van der Waals surface area contributed by atoms with Crippen molar-refractivity contribution in [3.05, 3.63) is 0 Å². The molecule has 2 aliphatic carbocycles. The van der Waals surface area contributed by atoms with Gasteiger partial charge in [-0.3, -0.25) is 0 Å². The van der Waals surface area contributed by atoms with Crippen molar-refractivity contribution >= 4 is 0 Å². The molecule has 4 aliphatic rings. The van der Waals surface area contributed by atoms with Crippen LogP contribution in [0.3, 0.4) is 0 Å². The van der Waals surface area contributed by atoms with Gasteiger partial charge in [-0.2, -0.15) is 0 Å². The van der Waals surface area contributed by atoms with E-state index in [2.05, 4.69) is 27.7 Å². The molecule has 2 heteroatoms. The minimum atomic E-state index is -0.165. The highest BCUT2D eigenvalue weighted by Gasteiger charge is 2.59. The monoisotopic (exact) mass is 238 g/mol. The van der Waals surface area contributed by atoms with Crippen molar-refractivity contribution in [1.82, 2.24) is 0 Å². The normalized spacial score (nSPS) is 56.6. The van der Waals surface area contributed by atoms with E-state index < -0.39 is 0 Å². The Morgan fingerprint density at radius 2 is 1.82 bits per heavy atom. The number of rotatable bonds is 0. The largest absolute Gasteiger partial charge is 0.393 e. The van der Waals surface area contributed by atoms with E-state index in [9.17, 15) is 5.11 Å². The van der Waals surface area contributed by atoms with Crippen LogP contribution in [0.25, 0.3) is 0 Å². The van der Waals surface area contributed by atoms with Gasteiger partial charge in [-0.25, -0.2) is 0 Å². The lowest BCUT2D eigenvalue weighted by Gasteiger charge is -2.49. The van der Waals surface area contributed by atoms with Crippen molar-refractivity contribution in [2.45, 2.75) is 70.7 Å². The molecule has 0 radical (unpaired) electrons. The summed E-state index contributed by atoms with van der Waals surface area (Å²) in [6.45, 7) is 8.97. The van der Waals surface area contributed by atoms with Crippen molar-refractivity contribution < 1.29 is 9.84 Å². The Morgan fingerprint density at radius 1 is 1.12 bits per heavy atom. The average Bonchev–Trinajstić information content (AvgIpc) is 2.44. The first-order valence-corrected chi connectivity index (χ1v) is 7.22. The molecule has 17 heavy (non-hydrogen) atoms. The van der Waals surface area contributed by atoms with E-state index in [-0.39, 0.29) is 17.3 Å². The van der Waals surface area contributed by atoms with Crippen molar-refractivity contribution in [2.24, 2.45) is 23.7 Å². The minimum absolute atomic E-state index is 0.0919. The Morgan fingerprint density at radius 3 is 2.47 bits per heavy atom. The molecule has 2 bridgehead atoms. The molecule has 4 rings (SSSR count). The maximum Gasteiger partial charge on any atom is 0.0717 e. The van der Waals surface area contributed by atoms with Gasteiger partial charge in [0.1, 0.15) is 0 Å². The Hall–Kier alpha value is -0.0800. The Bertz CT molecular complexity index is 325. The molecule has 1 N–H and O–H groups in total. The molecule has 4 fully saturated rings. The molecule has 0 aromatic heterocycles. The molecule has 98 valence electrons. The van der Waals surface area contributed by atoms with E-state index in [1.165, 1.54) is 12.8 Å². The number of hydrogen-bond acceptors (Lipinski definition) is 2. The van der Waals surface area contributed by atoms with Gasteiger partial charge in [0.05, 0.1) is 17.3 Å². The quantitative estimate of drug-likeness (QED) is 0.703. The van der Waals surface area contributed by atoms with Gasteiger partial charge in [-0.1, -0.05) is 13.3 Å². The van der Waals surface area contributed by atoms with E-state index in [0.29, 0.717) is 11.8 Å². The smallest absolute Gasteiger partial charge is 0.0717 e. The summed E-state index contributed by atoms with van der Waals surface area (Å²) in [5, 5.41) is 10.4. The predicted octanol–water partition coefficient (Wildman–Crippen LogP) is 2.99. The average molecular weight is 238 g/mol. The number of hydrogen-bond donors (Lipinski definition) is 1. The highest BCUT2D eigenvalue weighted by Crippen LogP contribution is 2.58. The molecule has 0 aromatic rings. The molecule has 2 heterocycles. The zero-order valence-corrected chi connectivity index (χ0v) is 11.6. The zero-order chi connectivity index (χ0) is 12.4. The Kier molecular flexibility index (Phi) is 2.45. The van der Waals surface area contributed by atoms with Gasteiger partial charge in [0.15, 0.2) is 0 Å². The maximum atomic E-state index is 10.4. The van der Waals surface area contributed by atoms with Crippen LogP contribution in [0, 0.1) is 23.7 Å². The predicted molar refractivity (Wildman–Crippen MR) is 67.7 cm³/mol. The SMILES string of the molecule is C[C@@H]1CCC2C1CC1[C@@H](O)C[C@@]2(C)OC1(C)C. The summed E-state index contributed by atoms with van der Waals surface area (Å²) in [6.07, 6.45) is 4.47. The molecule has 0 amide bonds. The van der Waals surface area contributed by atoms with Gasteiger partial charge < -0.3 is 9.84 Å². The zero-order valence-electron chi connectivity index (χ0n) is 11.6. The van der Waals surface area contributed by atoms with Crippen molar-refractivity contribution in [3.8, 4) is 0 Å². The fraction of sp³-hybridized carbons (Fsp3) is 1.00. The van der Waals surface area contributed by atoms with Crippen LogP contribution in [-0.4, -0.2) is 22.4 Å². The van der Waals surface area contributed by atoms with Crippen LogP contribution in [0.2, 0.25) is 0 Å². The van der Waals surface area contributed by atoms with Gasteiger partial charge in [-0.05, 0) is 51.4 Å². The van der Waals surface area contributed by atoms with E-state index in [1.807, 2.05) is 0 Å². The Labute approximate surface area is 105 Å². The van der Waals surface area contributed by atoms with Crippen LogP contribution in [0.5, 0.6) is 0 Å². The van der Waals surface area contributed by atoms with Gasteiger partial charge in [0.25, 0.3) is 0 Å². The fourth-order valence-corrected chi connectivity index (χ4v) is 5.12. The number of aliphatic hydroxyl groups excluding tert-OH is 1. The summed E-state index contributed by atoms with van der Waals surface area (Å²) in [5.74, 6) is 2.57. The summed E-state index contributed by atoms with van der Waals surface area (Å²) < 4.78 is 6.46. The van der Waals surface area contributed by atoms with E-state index in [4.69, 9.17) is 4.74 Å². The first-order chi connectivity index (χ1) is 7.83. The van der Waals surface area contributed by atoms with Crippen molar-refractivity contribution in [1.29, 1.82) is 0 Å². The maximum absolute atomic E-state index is 10.4. The Balaban J connectivity index is 2.02. The van der Waals surface area contributed by atoms with Crippen LogP contribution in [0.4, 0.5) is 0 Å². The number of aliphatic hydroxyl groups is 1. The van der Waals surface area contributed by atoms with E-state index >= 15 is 0 Å². The lowest BCUT2D eigenvalue weighted by atomic mass is 9.76. The molecular weight excluding hydrogens is 212 g/mol. The van der Waals surface area contributed by atoms with E-state index in [1.54, 1.807) is 0 Å². The van der Waals surface area contributed by atoms with Crippen molar-refractivity contribution in [2.75, 3.05) is 0 Å². The number of ether oxygens (including phenoxy) is 1. The molecule has 0 spiro atoms. The molecule has 0 aromatic carbocycles. The van der Waals surface area contributed by atoms with Gasteiger partial charge in [-0.15, -0.1) is 0 Å². The summed E-state index contributed by atoms with van der Waals surface area (Å²) in [6, 6.07) is 0. The highest BCUT2D eigenvalue weighted by molar-refractivity contribution is 5.08. The van der Waals surface area contributed by atoms with Crippen LogP contribution in [-0.2, 0) is 4.74 Å². The molecule has 2 nitrogen and oxygen atoms in total.